The van der Waals surface area contributed by atoms with Crippen molar-refractivity contribution in [2.75, 3.05) is 39.4 Å². The van der Waals surface area contributed by atoms with Gasteiger partial charge in [-0.3, -0.25) is 19.6 Å². The summed E-state index contributed by atoms with van der Waals surface area (Å²) < 4.78 is 13.1. The normalized spacial score (nSPS) is 32.9. The molecule has 0 atom stereocenters. The molecule has 0 saturated carbocycles. The van der Waals surface area contributed by atoms with E-state index in [1.165, 1.54) is 0 Å². The second kappa shape index (κ2) is 7.71. The molecule has 4 saturated heterocycles. The molecule has 4 rings (SSSR count). The van der Waals surface area contributed by atoms with Crippen molar-refractivity contribution in [3.63, 3.8) is 0 Å². The van der Waals surface area contributed by atoms with Crippen molar-refractivity contribution in [2.45, 2.75) is 76.9 Å². The monoisotopic (exact) mass is 394 g/mol. The van der Waals surface area contributed by atoms with Crippen molar-refractivity contribution in [1.29, 1.82) is 0 Å². The molecule has 0 N–H and O–H groups in total. The molecule has 0 unspecified atom stereocenters. The lowest BCUT2D eigenvalue weighted by Crippen LogP contribution is -2.71. The first kappa shape index (κ1) is 19.8. The third-order valence-electron chi connectivity index (χ3n) is 6.35. The van der Waals surface area contributed by atoms with Crippen molar-refractivity contribution in [2.24, 2.45) is 0 Å². The van der Waals surface area contributed by atoms with Crippen LogP contribution in [0.15, 0.2) is 0 Å². The average molecular weight is 395 g/mol. The number of hydrogen-bond acceptors (Lipinski definition) is 4. The van der Waals surface area contributed by atoms with E-state index >= 15 is 0 Å². The lowest BCUT2D eigenvalue weighted by atomic mass is 10.2. The Balaban J connectivity index is 1.92. The number of amides is 4. The Labute approximate surface area is 167 Å². The summed E-state index contributed by atoms with van der Waals surface area (Å²) in [6, 6.07) is -0.120. The average Bonchev–Trinajstić information content (AvgIpc) is 3.03. The predicted octanol–water partition coefficient (Wildman–Crippen LogP) is 2.99. The van der Waals surface area contributed by atoms with E-state index in [-0.39, 0.29) is 12.1 Å². The number of rotatable bonds is 6. The summed E-state index contributed by atoms with van der Waals surface area (Å²) in [5.41, 5.74) is 0. The fourth-order valence-electron chi connectivity index (χ4n) is 5.22. The van der Waals surface area contributed by atoms with Crippen LogP contribution >= 0.6 is 0 Å². The molecule has 8 nitrogen and oxygen atoms in total. The Morgan fingerprint density at radius 3 is 1.25 bits per heavy atom. The first-order valence-corrected chi connectivity index (χ1v) is 11.1. The summed E-state index contributed by atoms with van der Waals surface area (Å²) in [6.07, 6.45) is 7.42. The minimum Gasteiger partial charge on any atom is -0.332 e. The fourth-order valence-corrected chi connectivity index (χ4v) is 5.22. The summed E-state index contributed by atoms with van der Waals surface area (Å²) >= 11 is 0. The molecule has 158 valence electrons. The summed E-state index contributed by atoms with van der Waals surface area (Å²) in [5, 5.41) is 0. The Kier molecular flexibility index (Phi) is 5.44. The maximum Gasteiger partial charge on any atom is 0.327 e. The Morgan fingerprint density at radius 1 is 0.643 bits per heavy atom. The number of hydrogen-bond donors (Lipinski definition) is 0. The second-order valence-corrected chi connectivity index (χ2v) is 8.21. The van der Waals surface area contributed by atoms with Crippen LogP contribution in [0.2, 0.25) is 0 Å². The summed E-state index contributed by atoms with van der Waals surface area (Å²) in [5.74, 6) is -2.39. The van der Waals surface area contributed by atoms with Gasteiger partial charge in [0.05, 0.1) is 13.2 Å². The van der Waals surface area contributed by atoms with Gasteiger partial charge in [0.2, 0.25) is 0 Å². The summed E-state index contributed by atoms with van der Waals surface area (Å²) in [4.78, 5) is 34.4. The van der Waals surface area contributed by atoms with E-state index in [9.17, 15) is 9.59 Å². The molecule has 28 heavy (non-hydrogen) atoms. The topological polar surface area (TPSA) is 65.6 Å². The lowest BCUT2D eigenvalue weighted by Gasteiger charge is -2.47. The fraction of sp³-hybridized carbons (Fsp3) is 0.900. The molecule has 4 aliphatic heterocycles. The maximum absolute atomic E-state index is 13.6. The van der Waals surface area contributed by atoms with Gasteiger partial charge in [-0.25, -0.2) is 9.59 Å². The molecule has 0 aliphatic carbocycles. The highest BCUT2D eigenvalue weighted by atomic mass is 16.6. The van der Waals surface area contributed by atoms with Crippen molar-refractivity contribution in [3.05, 3.63) is 0 Å². The molecule has 0 aromatic carbocycles. The maximum atomic E-state index is 13.6. The zero-order valence-electron chi connectivity index (χ0n) is 17.3. The smallest absolute Gasteiger partial charge is 0.327 e. The molecule has 4 heterocycles. The Bertz CT molecular complexity index is 529. The number of nitrogens with zero attached hydrogens (tertiary/aromatic N) is 4. The summed E-state index contributed by atoms with van der Waals surface area (Å²) in [6.45, 7) is 7.43. The zero-order chi connectivity index (χ0) is 19.8. The number of carbonyl (C=O) groups excluding carboxylic acids is 2. The zero-order valence-corrected chi connectivity index (χ0v) is 17.3. The van der Waals surface area contributed by atoms with Gasteiger partial charge >= 0.3 is 23.8 Å². The largest absolute Gasteiger partial charge is 0.332 e. The van der Waals surface area contributed by atoms with Crippen LogP contribution in [0.5, 0.6) is 0 Å². The van der Waals surface area contributed by atoms with E-state index < -0.39 is 11.7 Å². The van der Waals surface area contributed by atoms with Crippen LogP contribution < -0.4 is 0 Å². The molecule has 4 aliphatic rings. The Hall–Kier alpha value is -1.54. The molecule has 8 heteroatoms. The molecule has 0 spiro atoms. The number of urea groups is 2. The van der Waals surface area contributed by atoms with Gasteiger partial charge in [-0.15, -0.1) is 0 Å². The van der Waals surface area contributed by atoms with E-state index in [2.05, 4.69) is 13.8 Å². The second-order valence-electron chi connectivity index (χ2n) is 8.21. The van der Waals surface area contributed by atoms with E-state index in [1.54, 1.807) is 19.6 Å². The standard InChI is InChI=1S/C20H34N4O4/c1-3-15-27-19-20(28-16-4-2,23-13-9-5-7-11-21(19)17(23)25)24-14-10-6-8-12-22(19)18(24)26/h3-16H2,1-2H3. The Morgan fingerprint density at radius 2 is 0.964 bits per heavy atom. The number of fused-ring (bicyclic) bond motifs is 9. The number of carbonyl (C=O) groups is 2. The van der Waals surface area contributed by atoms with Crippen LogP contribution in [0.4, 0.5) is 9.59 Å². The van der Waals surface area contributed by atoms with Gasteiger partial charge in [-0.2, -0.15) is 0 Å². The van der Waals surface area contributed by atoms with Crippen LogP contribution in [0.25, 0.3) is 0 Å². The van der Waals surface area contributed by atoms with Gasteiger partial charge in [-0.05, 0) is 51.4 Å². The van der Waals surface area contributed by atoms with Crippen molar-refractivity contribution >= 4 is 12.1 Å². The van der Waals surface area contributed by atoms with Gasteiger partial charge in [0.1, 0.15) is 0 Å². The van der Waals surface area contributed by atoms with Crippen LogP contribution in [0.1, 0.15) is 65.2 Å². The third-order valence-corrected chi connectivity index (χ3v) is 6.35. The van der Waals surface area contributed by atoms with Crippen molar-refractivity contribution in [1.82, 2.24) is 19.6 Å². The first-order chi connectivity index (χ1) is 13.6. The molecular formula is C20H34N4O4. The van der Waals surface area contributed by atoms with Crippen LogP contribution in [0, 0.1) is 0 Å². The van der Waals surface area contributed by atoms with Gasteiger partial charge in [0, 0.05) is 26.2 Å². The summed E-state index contributed by atoms with van der Waals surface area (Å²) in [7, 11) is 0. The molecular weight excluding hydrogens is 360 g/mol. The highest BCUT2D eigenvalue weighted by Crippen LogP contribution is 2.54. The van der Waals surface area contributed by atoms with Gasteiger partial charge in [-0.1, -0.05) is 13.8 Å². The molecule has 0 aromatic rings. The lowest BCUT2D eigenvalue weighted by molar-refractivity contribution is -0.332. The van der Waals surface area contributed by atoms with Crippen LogP contribution in [-0.4, -0.2) is 82.8 Å². The van der Waals surface area contributed by atoms with Crippen LogP contribution in [0.3, 0.4) is 0 Å². The predicted molar refractivity (Wildman–Crippen MR) is 103 cm³/mol. The van der Waals surface area contributed by atoms with Gasteiger partial charge in [0.25, 0.3) is 0 Å². The minimum atomic E-state index is -1.19. The quantitative estimate of drug-likeness (QED) is 0.695. The highest BCUT2D eigenvalue weighted by molar-refractivity contribution is 5.87. The first-order valence-electron chi connectivity index (χ1n) is 11.1. The van der Waals surface area contributed by atoms with Gasteiger partial charge in [0.15, 0.2) is 0 Å². The van der Waals surface area contributed by atoms with Crippen molar-refractivity contribution in [3.8, 4) is 0 Å². The SMILES string of the molecule is CCCOC12N3CCCCCN(C3=O)C1(OCCC)N1CCCCCN2C1=O. The third kappa shape index (κ3) is 2.49. The molecule has 4 fully saturated rings. The minimum absolute atomic E-state index is 0.0602. The molecule has 4 amide bonds. The number of ether oxygens (including phenoxy) is 2. The van der Waals surface area contributed by atoms with E-state index in [0.717, 1.165) is 51.4 Å². The molecule has 0 aromatic heterocycles. The molecule has 4 bridgehead atoms. The van der Waals surface area contributed by atoms with Crippen molar-refractivity contribution < 1.29 is 19.1 Å². The highest BCUT2D eigenvalue weighted by Gasteiger charge is 2.81. The van der Waals surface area contributed by atoms with Gasteiger partial charge < -0.3 is 9.47 Å². The van der Waals surface area contributed by atoms with Crippen LogP contribution in [-0.2, 0) is 9.47 Å². The van der Waals surface area contributed by atoms with E-state index in [1.807, 2.05) is 0 Å². The molecule has 0 radical (unpaired) electrons. The van der Waals surface area contributed by atoms with E-state index in [4.69, 9.17) is 9.47 Å². The van der Waals surface area contributed by atoms with E-state index in [0.29, 0.717) is 39.4 Å².